The molecule has 1 rings (SSSR count). The van der Waals surface area contributed by atoms with E-state index in [0.29, 0.717) is 6.07 Å². The van der Waals surface area contributed by atoms with E-state index < -0.39 is 23.5 Å². The molecular formula is C7H4F2O3. The number of halogens is 2. The zero-order valence-electron chi connectivity index (χ0n) is 5.75. The van der Waals surface area contributed by atoms with Crippen molar-refractivity contribution in [2.75, 3.05) is 0 Å². The minimum absolute atomic E-state index is 0.510. The van der Waals surface area contributed by atoms with Crippen molar-refractivity contribution in [2.24, 2.45) is 0 Å². The maximum atomic E-state index is 12.6. The molecule has 5 heteroatoms. The summed E-state index contributed by atoms with van der Waals surface area (Å²) in [6.07, 6.45) is -1.64. The molecule has 1 aromatic carbocycles. The molecule has 0 aliphatic carbocycles. The first kappa shape index (κ1) is 8.45. The Balaban J connectivity index is 2.93. The highest BCUT2D eigenvalue weighted by molar-refractivity contribution is 5.61. The molecule has 0 aromatic heterocycles. The number of ether oxygens (including phenoxy) is 1. The van der Waals surface area contributed by atoms with Crippen LogP contribution in [0.15, 0.2) is 18.2 Å². The number of rotatable bonds is 1. The molecule has 0 saturated heterocycles. The Morgan fingerprint density at radius 1 is 1.42 bits per heavy atom. The Labute approximate surface area is 66.2 Å². The van der Waals surface area contributed by atoms with Crippen LogP contribution < -0.4 is 4.74 Å². The fourth-order valence-electron chi connectivity index (χ4n) is 0.652. The fraction of sp³-hybridized carbons (Fsp3) is 0. The van der Waals surface area contributed by atoms with Crippen LogP contribution in [0.3, 0.4) is 0 Å². The molecule has 64 valence electrons. The molecule has 3 nitrogen and oxygen atoms in total. The first-order chi connectivity index (χ1) is 5.59. The number of hydrogen-bond donors (Lipinski definition) is 1. The molecule has 0 fully saturated rings. The summed E-state index contributed by atoms with van der Waals surface area (Å²) in [5, 5.41) is 8.08. The predicted octanol–water partition coefficient (Wildman–Crippen LogP) is 2.02. The van der Waals surface area contributed by atoms with Crippen LogP contribution in [0.25, 0.3) is 0 Å². The van der Waals surface area contributed by atoms with Crippen LogP contribution in [0.4, 0.5) is 13.6 Å². The van der Waals surface area contributed by atoms with Gasteiger partial charge in [0.05, 0.1) is 0 Å². The van der Waals surface area contributed by atoms with Crippen molar-refractivity contribution in [3.05, 3.63) is 29.8 Å². The molecule has 0 bridgehead atoms. The van der Waals surface area contributed by atoms with E-state index >= 15 is 0 Å². The van der Waals surface area contributed by atoms with Gasteiger partial charge in [0.15, 0.2) is 11.6 Å². The van der Waals surface area contributed by atoms with Gasteiger partial charge in [-0.3, -0.25) is 0 Å². The van der Waals surface area contributed by atoms with E-state index in [-0.39, 0.29) is 0 Å². The van der Waals surface area contributed by atoms with Crippen LogP contribution >= 0.6 is 0 Å². The second-order valence-corrected chi connectivity index (χ2v) is 1.94. The van der Waals surface area contributed by atoms with Gasteiger partial charge in [-0.1, -0.05) is 0 Å². The molecule has 0 radical (unpaired) electrons. The second-order valence-electron chi connectivity index (χ2n) is 1.94. The lowest BCUT2D eigenvalue weighted by Gasteiger charge is -1.99. The Kier molecular flexibility index (Phi) is 2.23. The van der Waals surface area contributed by atoms with Gasteiger partial charge in [0.1, 0.15) is 5.82 Å². The molecule has 0 saturated carbocycles. The highest BCUT2D eigenvalue weighted by Crippen LogP contribution is 2.17. The zero-order chi connectivity index (χ0) is 9.14. The fourth-order valence-corrected chi connectivity index (χ4v) is 0.652. The van der Waals surface area contributed by atoms with E-state index in [1.807, 2.05) is 0 Å². The number of carbonyl (C=O) groups is 1. The van der Waals surface area contributed by atoms with E-state index in [0.717, 1.165) is 12.1 Å². The van der Waals surface area contributed by atoms with Crippen molar-refractivity contribution in [2.45, 2.75) is 0 Å². The highest BCUT2D eigenvalue weighted by atomic mass is 19.1. The predicted molar refractivity (Wildman–Crippen MR) is 35.0 cm³/mol. The number of hydrogen-bond acceptors (Lipinski definition) is 2. The normalized spacial score (nSPS) is 9.50. The topological polar surface area (TPSA) is 46.5 Å². The number of carboxylic acid groups (broad SMARTS) is 1. The summed E-state index contributed by atoms with van der Waals surface area (Å²) in [6, 6.07) is 2.35. The van der Waals surface area contributed by atoms with Gasteiger partial charge < -0.3 is 9.84 Å². The van der Waals surface area contributed by atoms with E-state index in [4.69, 9.17) is 5.11 Å². The van der Waals surface area contributed by atoms with Crippen LogP contribution in [0.5, 0.6) is 5.75 Å². The lowest BCUT2D eigenvalue weighted by molar-refractivity contribution is 0.142. The minimum atomic E-state index is -1.64. The minimum Gasteiger partial charge on any atom is -0.449 e. The molecule has 12 heavy (non-hydrogen) atoms. The van der Waals surface area contributed by atoms with Crippen molar-refractivity contribution in [1.82, 2.24) is 0 Å². The van der Waals surface area contributed by atoms with Crippen LogP contribution in [0.2, 0.25) is 0 Å². The molecule has 0 heterocycles. The first-order valence-electron chi connectivity index (χ1n) is 2.95. The molecule has 0 atom stereocenters. The average Bonchev–Trinajstić information content (AvgIpc) is 1.94. The van der Waals surface area contributed by atoms with Gasteiger partial charge in [-0.05, 0) is 12.1 Å². The second kappa shape index (κ2) is 3.17. The van der Waals surface area contributed by atoms with Gasteiger partial charge in [0.2, 0.25) is 0 Å². The standard InChI is InChI=1S/C7H4F2O3/c8-4-1-2-6(5(9)3-4)12-7(10)11/h1-3H,(H,10,11). The smallest absolute Gasteiger partial charge is 0.449 e. The van der Waals surface area contributed by atoms with Crippen molar-refractivity contribution in [3.63, 3.8) is 0 Å². The van der Waals surface area contributed by atoms with Gasteiger partial charge in [0.25, 0.3) is 0 Å². The molecule has 0 aliphatic rings. The SMILES string of the molecule is O=C(O)Oc1ccc(F)cc1F. The monoisotopic (exact) mass is 174 g/mol. The summed E-state index contributed by atoms with van der Waals surface area (Å²) >= 11 is 0. The highest BCUT2D eigenvalue weighted by Gasteiger charge is 2.07. The van der Waals surface area contributed by atoms with E-state index in [9.17, 15) is 13.6 Å². The third-order valence-electron chi connectivity index (χ3n) is 1.09. The van der Waals surface area contributed by atoms with E-state index in [1.165, 1.54) is 0 Å². The van der Waals surface area contributed by atoms with Crippen LogP contribution in [-0.4, -0.2) is 11.3 Å². The van der Waals surface area contributed by atoms with Gasteiger partial charge >= 0.3 is 6.16 Å². The van der Waals surface area contributed by atoms with Crippen molar-refractivity contribution in [1.29, 1.82) is 0 Å². The Hall–Kier alpha value is -1.65. The van der Waals surface area contributed by atoms with Crippen molar-refractivity contribution < 1.29 is 23.4 Å². The maximum Gasteiger partial charge on any atom is 0.511 e. The summed E-state index contributed by atoms with van der Waals surface area (Å²) < 4.78 is 28.8. The lowest BCUT2D eigenvalue weighted by Crippen LogP contribution is -2.04. The largest absolute Gasteiger partial charge is 0.511 e. The van der Waals surface area contributed by atoms with Gasteiger partial charge in [-0.2, -0.15) is 0 Å². The maximum absolute atomic E-state index is 12.6. The van der Waals surface area contributed by atoms with Crippen molar-refractivity contribution >= 4 is 6.16 Å². The third kappa shape index (κ3) is 1.91. The van der Waals surface area contributed by atoms with Crippen molar-refractivity contribution in [3.8, 4) is 5.75 Å². The Morgan fingerprint density at radius 2 is 2.08 bits per heavy atom. The Morgan fingerprint density at radius 3 is 2.58 bits per heavy atom. The van der Waals surface area contributed by atoms with Gasteiger partial charge in [-0.15, -0.1) is 0 Å². The summed E-state index contributed by atoms with van der Waals surface area (Å²) in [7, 11) is 0. The zero-order valence-corrected chi connectivity index (χ0v) is 5.75. The van der Waals surface area contributed by atoms with Crippen LogP contribution in [-0.2, 0) is 0 Å². The summed E-state index contributed by atoms with van der Waals surface area (Å²) in [5.74, 6) is -2.34. The molecule has 0 amide bonds. The molecular weight excluding hydrogens is 170 g/mol. The van der Waals surface area contributed by atoms with Gasteiger partial charge in [0, 0.05) is 6.07 Å². The third-order valence-corrected chi connectivity index (χ3v) is 1.09. The Bertz CT molecular complexity index is 312. The molecule has 0 spiro atoms. The van der Waals surface area contributed by atoms with E-state index in [2.05, 4.69) is 4.74 Å². The van der Waals surface area contributed by atoms with E-state index in [1.54, 1.807) is 0 Å². The summed E-state index contributed by atoms with van der Waals surface area (Å²) in [5.41, 5.74) is 0. The van der Waals surface area contributed by atoms with Crippen LogP contribution in [0.1, 0.15) is 0 Å². The molecule has 0 aliphatic heterocycles. The molecule has 1 N–H and O–H groups in total. The number of benzene rings is 1. The summed E-state index contributed by atoms with van der Waals surface area (Å²) in [4.78, 5) is 9.92. The average molecular weight is 174 g/mol. The first-order valence-corrected chi connectivity index (χ1v) is 2.95. The molecule has 1 aromatic rings. The van der Waals surface area contributed by atoms with Crippen LogP contribution in [0, 0.1) is 11.6 Å². The quantitative estimate of drug-likeness (QED) is 0.523. The lowest BCUT2D eigenvalue weighted by atomic mass is 10.3. The molecule has 0 unspecified atom stereocenters. The summed E-state index contributed by atoms with van der Waals surface area (Å²) in [6.45, 7) is 0. The van der Waals surface area contributed by atoms with Gasteiger partial charge in [-0.25, -0.2) is 13.6 Å².